The zero-order chi connectivity index (χ0) is 25.8. The summed E-state index contributed by atoms with van der Waals surface area (Å²) in [7, 11) is 1.65. The van der Waals surface area contributed by atoms with Gasteiger partial charge in [0.25, 0.3) is 5.56 Å². The zero-order valence-corrected chi connectivity index (χ0v) is 21.2. The van der Waals surface area contributed by atoms with Gasteiger partial charge >= 0.3 is 0 Å². The predicted molar refractivity (Wildman–Crippen MR) is 140 cm³/mol. The summed E-state index contributed by atoms with van der Waals surface area (Å²) in [5, 5.41) is 13.6. The third-order valence-electron chi connectivity index (χ3n) is 6.57. The topological polar surface area (TPSA) is 102 Å². The van der Waals surface area contributed by atoms with Crippen molar-refractivity contribution in [3.05, 3.63) is 106 Å². The Labute approximate surface area is 214 Å². The average Bonchev–Trinajstić information content (AvgIpc) is 3.58. The number of aromatic amines is 1. The van der Waals surface area contributed by atoms with Gasteiger partial charge in [-0.2, -0.15) is 0 Å². The molecule has 3 heterocycles. The molecule has 0 bridgehead atoms. The van der Waals surface area contributed by atoms with Crippen LogP contribution in [-0.4, -0.2) is 37.2 Å². The highest BCUT2D eigenvalue weighted by atomic mass is 16.5. The van der Waals surface area contributed by atoms with Crippen molar-refractivity contribution >= 4 is 10.9 Å². The molecule has 9 heteroatoms. The molecule has 190 valence electrons. The Balaban J connectivity index is 1.52. The summed E-state index contributed by atoms with van der Waals surface area (Å²) in [4.78, 5) is 18.4. The molecule has 37 heavy (non-hydrogen) atoms. The van der Waals surface area contributed by atoms with Crippen molar-refractivity contribution in [3.8, 4) is 5.75 Å². The van der Waals surface area contributed by atoms with E-state index < -0.39 is 0 Å². The first-order chi connectivity index (χ1) is 18.0. The van der Waals surface area contributed by atoms with Crippen LogP contribution in [0.1, 0.15) is 47.7 Å². The van der Waals surface area contributed by atoms with Gasteiger partial charge in [-0.3, -0.25) is 9.69 Å². The van der Waals surface area contributed by atoms with Crippen LogP contribution >= 0.6 is 0 Å². The van der Waals surface area contributed by atoms with Gasteiger partial charge in [-0.25, -0.2) is 4.68 Å². The van der Waals surface area contributed by atoms with Gasteiger partial charge in [0.2, 0.25) is 0 Å². The number of nitrogens with zero attached hydrogens (tertiary/aromatic N) is 5. The summed E-state index contributed by atoms with van der Waals surface area (Å²) < 4.78 is 12.6. The number of pyridine rings is 1. The normalized spacial score (nSPS) is 12.3. The second-order valence-electron chi connectivity index (χ2n) is 9.17. The second-order valence-corrected chi connectivity index (χ2v) is 9.17. The predicted octanol–water partition coefficient (Wildman–Crippen LogP) is 4.63. The molecule has 0 fully saturated rings. The highest BCUT2D eigenvalue weighted by Gasteiger charge is 2.26. The molecule has 5 rings (SSSR count). The van der Waals surface area contributed by atoms with Gasteiger partial charge in [0.15, 0.2) is 5.82 Å². The molecule has 5 aromatic rings. The van der Waals surface area contributed by atoms with Gasteiger partial charge in [-0.15, -0.1) is 5.10 Å². The summed E-state index contributed by atoms with van der Waals surface area (Å²) in [5.41, 5.74) is 3.66. The Morgan fingerprint density at radius 3 is 2.68 bits per heavy atom. The monoisotopic (exact) mass is 498 g/mol. The van der Waals surface area contributed by atoms with Gasteiger partial charge in [0, 0.05) is 24.2 Å². The van der Waals surface area contributed by atoms with Gasteiger partial charge in [-0.05, 0) is 77.2 Å². The van der Waals surface area contributed by atoms with E-state index in [2.05, 4.69) is 38.4 Å². The first kappa shape index (κ1) is 24.5. The SMILES string of the molecule is CC[C@@H](c1nnnn1Cc1ccco1)N(Cc1ccc(OC)cc1)Cc1cc2cc(C)ccc2[nH]c1=O. The number of hydrogen-bond acceptors (Lipinski definition) is 7. The molecule has 9 nitrogen and oxygen atoms in total. The Kier molecular flexibility index (Phi) is 7.14. The van der Waals surface area contributed by atoms with E-state index >= 15 is 0 Å². The average molecular weight is 499 g/mol. The molecule has 0 saturated carbocycles. The third kappa shape index (κ3) is 5.46. The minimum atomic E-state index is -0.139. The summed E-state index contributed by atoms with van der Waals surface area (Å²) in [6, 6.07) is 19.6. The molecule has 0 radical (unpaired) electrons. The number of aryl methyl sites for hydroxylation is 1. The number of nitrogens with one attached hydrogen (secondary N) is 1. The van der Waals surface area contributed by atoms with Crippen molar-refractivity contribution in [1.29, 1.82) is 0 Å². The lowest BCUT2D eigenvalue weighted by atomic mass is 10.1. The van der Waals surface area contributed by atoms with Crippen LogP contribution in [0.15, 0.2) is 76.1 Å². The van der Waals surface area contributed by atoms with Crippen molar-refractivity contribution in [2.75, 3.05) is 7.11 Å². The molecule has 0 aliphatic heterocycles. The van der Waals surface area contributed by atoms with Crippen LogP contribution in [0.2, 0.25) is 0 Å². The number of aromatic nitrogens is 5. The molecule has 0 unspecified atom stereocenters. The summed E-state index contributed by atoms with van der Waals surface area (Å²) in [6.07, 6.45) is 2.39. The third-order valence-corrected chi connectivity index (χ3v) is 6.57. The molecule has 2 aromatic carbocycles. The molecule has 0 spiro atoms. The van der Waals surface area contributed by atoms with E-state index in [0.717, 1.165) is 45.8 Å². The van der Waals surface area contributed by atoms with Gasteiger partial charge in [-0.1, -0.05) is 30.7 Å². The molecule has 0 aliphatic rings. The molecule has 3 aromatic heterocycles. The number of tetrazole rings is 1. The molecule has 1 N–H and O–H groups in total. The number of H-pyrrole nitrogens is 1. The van der Waals surface area contributed by atoms with Crippen LogP contribution in [0.5, 0.6) is 5.75 Å². The van der Waals surface area contributed by atoms with Crippen LogP contribution in [0.3, 0.4) is 0 Å². The minimum Gasteiger partial charge on any atom is -0.497 e. The number of fused-ring (bicyclic) bond motifs is 1. The zero-order valence-electron chi connectivity index (χ0n) is 21.2. The Morgan fingerprint density at radius 1 is 1.11 bits per heavy atom. The maximum atomic E-state index is 13.1. The fraction of sp³-hybridized carbons (Fsp3) is 0.286. The summed E-state index contributed by atoms with van der Waals surface area (Å²) in [5.74, 6) is 2.29. The number of ether oxygens (including phenoxy) is 1. The van der Waals surface area contributed by atoms with Crippen LogP contribution in [0, 0.1) is 6.92 Å². The number of methoxy groups -OCH3 is 1. The summed E-state index contributed by atoms with van der Waals surface area (Å²) >= 11 is 0. The van der Waals surface area contributed by atoms with Crippen LogP contribution in [-0.2, 0) is 19.6 Å². The van der Waals surface area contributed by atoms with E-state index in [1.807, 2.05) is 61.5 Å². The van der Waals surface area contributed by atoms with Crippen molar-refractivity contribution in [2.45, 2.75) is 45.9 Å². The van der Waals surface area contributed by atoms with E-state index in [9.17, 15) is 4.79 Å². The smallest absolute Gasteiger partial charge is 0.252 e. The lowest BCUT2D eigenvalue weighted by Gasteiger charge is -2.30. The van der Waals surface area contributed by atoms with E-state index in [-0.39, 0.29) is 11.6 Å². The molecule has 0 saturated heterocycles. The van der Waals surface area contributed by atoms with Gasteiger partial charge < -0.3 is 14.1 Å². The second kappa shape index (κ2) is 10.8. The Bertz CT molecular complexity index is 1520. The lowest BCUT2D eigenvalue weighted by Crippen LogP contribution is -2.32. The first-order valence-corrected chi connectivity index (χ1v) is 12.3. The molecule has 0 aliphatic carbocycles. The fourth-order valence-corrected chi connectivity index (χ4v) is 4.67. The van der Waals surface area contributed by atoms with Gasteiger partial charge in [0.05, 0.1) is 19.4 Å². The Morgan fingerprint density at radius 2 is 1.95 bits per heavy atom. The number of furan rings is 1. The van der Waals surface area contributed by atoms with Crippen LogP contribution in [0.25, 0.3) is 10.9 Å². The maximum absolute atomic E-state index is 13.1. The molecule has 1 atom stereocenters. The van der Waals surface area contributed by atoms with Crippen LogP contribution < -0.4 is 10.3 Å². The summed E-state index contributed by atoms with van der Waals surface area (Å²) in [6.45, 7) is 5.61. The van der Waals surface area contributed by atoms with Crippen molar-refractivity contribution < 1.29 is 9.15 Å². The van der Waals surface area contributed by atoms with Crippen molar-refractivity contribution in [3.63, 3.8) is 0 Å². The largest absolute Gasteiger partial charge is 0.497 e. The highest BCUT2D eigenvalue weighted by molar-refractivity contribution is 5.79. The molecular weight excluding hydrogens is 468 g/mol. The lowest BCUT2D eigenvalue weighted by molar-refractivity contribution is 0.161. The Hall–Kier alpha value is -4.24. The fourth-order valence-electron chi connectivity index (χ4n) is 4.67. The quantitative estimate of drug-likeness (QED) is 0.300. The van der Waals surface area contributed by atoms with E-state index in [1.54, 1.807) is 18.1 Å². The van der Waals surface area contributed by atoms with E-state index in [0.29, 0.717) is 25.2 Å². The standard InChI is InChI=1S/C28H30N6O3/c1-4-26(27-30-31-32-34(27)18-24-6-5-13-37-24)33(16-20-8-10-23(36-3)11-9-20)17-22-15-21-14-19(2)7-12-25(21)29-28(22)35/h5-15,26H,4,16-18H2,1-3H3,(H,29,35)/t26-/m0/s1. The van der Waals surface area contributed by atoms with Crippen LogP contribution in [0.4, 0.5) is 0 Å². The van der Waals surface area contributed by atoms with Gasteiger partial charge in [0.1, 0.15) is 18.1 Å². The number of benzene rings is 2. The molecular formula is C28H30N6O3. The van der Waals surface area contributed by atoms with E-state index in [1.165, 1.54) is 0 Å². The number of rotatable bonds is 10. The molecule has 0 amide bonds. The highest BCUT2D eigenvalue weighted by Crippen LogP contribution is 2.27. The van der Waals surface area contributed by atoms with Crippen molar-refractivity contribution in [2.24, 2.45) is 0 Å². The number of hydrogen-bond donors (Lipinski definition) is 1. The maximum Gasteiger partial charge on any atom is 0.252 e. The van der Waals surface area contributed by atoms with Crippen molar-refractivity contribution in [1.82, 2.24) is 30.1 Å². The first-order valence-electron chi connectivity index (χ1n) is 12.3. The minimum absolute atomic E-state index is 0.0962. The van der Waals surface area contributed by atoms with E-state index in [4.69, 9.17) is 9.15 Å².